The Bertz CT molecular complexity index is 2540. The van der Waals surface area contributed by atoms with Crippen LogP contribution in [0.1, 0.15) is 64.8 Å². The van der Waals surface area contributed by atoms with Gasteiger partial charge in [-0.15, -0.1) is 0 Å². The van der Waals surface area contributed by atoms with Crippen molar-refractivity contribution in [2.45, 2.75) is 79.2 Å². The van der Waals surface area contributed by atoms with Crippen molar-refractivity contribution in [2.75, 3.05) is 26.4 Å². The van der Waals surface area contributed by atoms with E-state index in [0.717, 1.165) is 21.3 Å². The van der Waals surface area contributed by atoms with Gasteiger partial charge in [-0.1, -0.05) is 12.1 Å². The summed E-state index contributed by atoms with van der Waals surface area (Å²) in [5.74, 6) is 1.19. The van der Waals surface area contributed by atoms with Crippen LogP contribution in [-0.2, 0) is 32.6 Å². The SMILES string of the molecule is CC(C)(C)OC(=O)N(Cc1cccnc1)c1cc(N2CCCS2(=O)=O)nc2c(Br)cnn12.Cc1cc(N(Cc2cccnc2)C(=O)OC(C)(C)C)n2ncc(Br)c2n1. The summed E-state index contributed by atoms with van der Waals surface area (Å²) >= 11 is 6.86. The minimum absolute atomic E-state index is 0.0566. The molecular weight excluding hydrogens is 898 g/mol. The summed E-state index contributed by atoms with van der Waals surface area (Å²) < 4.78 is 42.1. The lowest BCUT2D eigenvalue weighted by molar-refractivity contribution is 0.0564. The predicted molar refractivity (Wildman–Crippen MR) is 225 cm³/mol. The van der Waals surface area contributed by atoms with Crippen molar-refractivity contribution < 1.29 is 27.5 Å². The molecule has 6 aromatic heterocycles. The average molecular weight is 942 g/mol. The van der Waals surface area contributed by atoms with Crippen LogP contribution in [0.4, 0.5) is 27.0 Å². The fourth-order valence-corrected chi connectivity index (χ4v) is 8.01. The number of carbonyl (C=O) groups is 2. The number of aryl methyl sites for hydroxylation is 1. The van der Waals surface area contributed by atoms with E-state index in [1.165, 1.54) is 13.7 Å². The number of carbonyl (C=O) groups excluding carboxylic acids is 2. The first-order chi connectivity index (χ1) is 27.3. The second kappa shape index (κ2) is 16.9. The molecule has 58 heavy (non-hydrogen) atoms. The molecule has 6 aromatic rings. The van der Waals surface area contributed by atoms with Crippen LogP contribution in [0.25, 0.3) is 11.3 Å². The third-order valence-electron chi connectivity index (χ3n) is 8.20. The second-order valence-corrected chi connectivity index (χ2v) is 19.0. The average Bonchev–Trinajstić information content (AvgIpc) is 3.83. The topological polar surface area (TPSA) is 183 Å². The third-order valence-corrected chi connectivity index (χ3v) is 11.2. The highest BCUT2D eigenvalue weighted by atomic mass is 79.9. The Kier molecular flexibility index (Phi) is 12.4. The van der Waals surface area contributed by atoms with E-state index in [1.54, 1.807) is 79.5 Å². The van der Waals surface area contributed by atoms with E-state index < -0.39 is 33.4 Å². The number of aromatic nitrogens is 8. The summed E-state index contributed by atoms with van der Waals surface area (Å²) in [6.07, 6.45) is 9.37. The first-order valence-corrected chi connectivity index (χ1v) is 21.3. The molecule has 0 saturated carbocycles. The quantitative estimate of drug-likeness (QED) is 0.154. The molecule has 0 aromatic carbocycles. The van der Waals surface area contributed by atoms with Crippen LogP contribution in [0.15, 0.2) is 82.5 Å². The molecule has 0 N–H and O–H groups in total. The molecule has 0 spiro atoms. The Balaban J connectivity index is 0.000000200. The molecule has 1 fully saturated rings. The van der Waals surface area contributed by atoms with Crippen molar-refractivity contribution in [1.82, 2.24) is 39.2 Å². The van der Waals surface area contributed by atoms with Crippen LogP contribution >= 0.6 is 31.9 Å². The Morgan fingerprint density at radius 2 is 1.24 bits per heavy atom. The summed E-state index contributed by atoms with van der Waals surface area (Å²) in [5, 5.41) is 8.68. The summed E-state index contributed by atoms with van der Waals surface area (Å²) in [7, 11) is -3.47. The molecule has 7 heterocycles. The monoisotopic (exact) mass is 939 g/mol. The first kappa shape index (κ1) is 42.4. The molecular formula is C38H43Br2N11O6S. The van der Waals surface area contributed by atoms with Gasteiger partial charge in [0.05, 0.1) is 40.2 Å². The highest BCUT2D eigenvalue weighted by molar-refractivity contribution is 9.11. The third kappa shape index (κ3) is 10.1. The molecule has 1 aliphatic heterocycles. The van der Waals surface area contributed by atoms with Gasteiger partial charge < -0.3 is 9.47 Å². The zero-order valence-corrected chi connectivity index (χ0v) is 37.0. The van der Waals surface area contributed by atoms with Crippen LogP contribution in [0.5, 0.6) is 0 Å². The molecule has 0 atom stereocenters. The van der Waals surface area contributed by atoms with E-state index in [2.05, 4.69) is 62.0 Å². The number of pyridine rings is 2. The van der Waals surface area contributed by atoms with Crippen LogP contribution in [0.3, 0.4) is 0 Å². The lowest BCUT2D eigenvalue weighted by Crippen LogP contribution is -2.38. The van der Waals surface area contributed by atoms with Crippen molar-refractivity contribution in [1.29, 1.82) is 0 Å². The minimum Gasteiger partial charge on any atom is -0.443 e. The van der Waals surface area contributed by atoms with Gasteiger partial charge in [0.2, 0.25) is 10.0 Å². The van der Waals surface area contributed by atoms with Gasteiger partial charge in [-0.05, 0) is 110 Å². The number of fused-ring (bicyclic) bond motifs is 2. The largest absolute Gasteiger partial charge is 0.443 e. The highest BCUT2D eigenvalue weighted by Gasteiger charge is 2.33. The van der Waals surface area contributed by atoms with Gasteiger partial charge in [-0.25, -0.2) is 28.0 Å². The van der Waals surface area contributed by atoms with Gasteiger partial charge in [0, 0.05) is 49.2 Å². The van der Waals surface area contributed by atoms with Crippen molar-refractivity contribution in [3.8, 4) is 0 Å². The number of hydrogen-bond acceptors (Lipinski definition) is 12. The molecule has 306 valence electrons. The number of nitrogens with zero attached hydrogens (tertiary/aromatic N) is 11. The maximum Gasteiger partial charge on any atom is 0.416 e. The van der Waals surface area contributed by atoms with Crippen molar-refractivity contribution in [2.24, 2.45) is 0 Å². The van der Waals surface area contributed by atoms with E-state index in [-0.39, 0.29) is 18.1 Å². The maximum absolute atomic E-state index is 13.3. The number of anilines is 3. The molecule has 0 bridgehead atoms. The number of ether oxygens (including phenoxy) is 2. The molecule has 17 nitrogen and oxygen atoms in total. The maximum atomic E-state index is 13.3. The highest BCUT2D eigenvalue weighted by Crippen LogP contribution is 2.32. The van der Waals surface area contributed by atoms with Gasteiger partial charge in [-0.3, -0.25) is 24.1 Å². The number of amides is 2. The normalized spacial score (nSPS) is 13.9. The minimum atomic E-state index is -3.47. The van der Waals surface area contributed by atoms with E-state index >= 15 is 0 Å². The molecule has 1 aliphatic rings. The van der Waals surface area contributed by atoms with Gasteiger partial charge >= 0.3 is 12.2 Å². The second-order valence-electron chi connectivity index (χ2n) is 15.3. The van der Waals surface area contributed by atoms with E-state index in [4.69, 9.17) is 9.47 Å². The molecule has 0 aliphatic carbocycles. The predicted octanol–water partition coefficient (Wildman–Crippen LogP) is 7.51. The number of sulfonamides is 1. The van der Waals surface area contributed by atoms with Gasteiger partial charge in [-0.2, -0.15) is 19.2 Å². The lowest BCUT2D eigenvalue weighted by Gasteiger charge is -2.28. The van der Waals surface area contributed by atoms with Gasteiger partial charge in [0.15, 0.2) is 11.3 Å². The number of hydrogen-bond donors (Lipinski definition) is 0. The summed E-state index contributed by atoms with van der Waals surface area (Å²) in [5.41, 5.74) is 2.10. The van der Waals surface area contributed by atoms with E-state index in [9.17, 15) is 18.0 Å². The Morgan fingerprint density at radius 1 is 0.759 bits per heavy atom. The van der Waals surface area contributed by atoms with Crippen LogP contribution < -0.4 is 14.1 Å². The van der Waals surface area contributed by atoms with E-state index in [0.29, 0.717) is 46.9 Å². The molecule has 20 heteroatoms. The Hall–Kier alpha value is -5.21. The zero-order chi connectivity index (χ0) is 42.0. The molecule has 0 unspecified atom stereocenters. The van der Waals surface area contributed by atoms with Crippen LogP contribution in [0.2, 0.25) is 0 Å². The summed E-state index contributed by atoms with van der Waals surface area (Å²) in [6, 6.07) is 10.7. The Morgan fingerprint density at radius 3 is 1.67 bits per heavy atom. The van der Waals surface area contributed by atoms with Gasteiger partial charge in [0.1, 0.15) is 28.7 Å². The van der Waals surface area contributed by atoms with Crippen LogP contribution in [0, 0.1) is 6.92 Å². The zero-order valence-electron chi connectivity index (χ0n) is 33.0. The number of rotatable bonds is 7. The standard InChI is InChI=1S/C20H23BrN6O4S.C18H20BrN5O2/c1-20(2,3)31-19(28)25(13-14-6-4-7-22-11-14)17-10-16(26-8-5-9-32(26,29)30)24-18-15(21)12-23-27(17)18;1-12-8-15(24-16(22-12)14(19)10-21-24)23(17(25)26-18(2,3)4)11-13-6-5-7-20-9-13/h4,6-7,10-12H,5,8-9,13H2,1-3H3;5-10H,11H2,1-4H3. The Labute approximate surface area is 352 Å². The molecule has 2 amide bonds. The fourth-order valence-electron chi connectivity index (χ4n) is 5.82. The van der Waals surface area contributed by atoms with Crippen molar-refractivity contribution in [3.05, 3.63) is 99.3 Å². The summed E-state index contributed by atoms with van der Waals surface area (Å²) in [4.78, 5) is 46.4. The van der Waals surface area contributed by atoms with Crippen LogP contribution in [-0.4, -0.2) is 83.3 Å². The smallest absolute Gasteiger partial charge is 0.416 e. The van der Waals surface area contributed by atoms with Gasteiger partial charge in [0.25, 0.3) is 0 Å². The van der Waals surface area contributed by atoms with E-state index in [1.807, 2.05) is 52.0 Å². The lowest BCUT2D eigenvalue weighted by atomic mass is 10.2. The van der Waals surface area contributed by atoms with Crippen molar-refractivity contribution >= 4 is 82.8 Å². The molecule has 7 rings (SSSR count). The number of halogens is 2. The summed E-state index contributed by atoms with van der Waals surface area (Å²) in [6.45, 7) is 13.5. The fraction of sp³-hybridized carbons (Fsp3) is 0.368. The molecule has 1 saturated heterocycles. The van der Waals surface area contributed by atoms with Crippen molar-refractivity contribution in [3.63, 3.8) is 0 Å². The first-order valence-electron chi connectivity index (χ1n) is 18.1. The molecule has 0 radical (unpaired) electrons.